The van der Waals surface area contributed by atoms with Gasteiger partial charge in [0.25, 0.3) is 0 Å². The first-order valence-electron chi connectivity index (χ1n) is 23.8. The summed E-state index contributed by atoms with van der Waals surface area (Å²) in [4.78, 5) is 5.73. The van der Waals surface area contributed by atoms with Crippen molar-refractivity contribution < 1.29 is 0 Å². The fraction of sp³-hybridized carbons (Fsp3) is 0.0152. The lowest BCUT2D eigenvalue weighted by atomic mass is 9.65. The smallest absolute Gasteiger partial charge is 0.179 e. The van der Waals surface area contributed by atoms with Crippen LogP contribution in [0.1, 0.15) is 22.3 Å². The number of rotatable bonds is 11. The zero-order chi connectivity index (χ0) is 46.0. The topological polar surface area (TPSA) is 17.8 Å². The van der Waals surface area contributed by atoms with Crippen LogP contribution in [-0.2, 0) is 5.41 Å². The molecule has 326 valence electrons. The van der Waals surface area contributed by atoms with E-state index in [1.165, 1.54) is 53.8 Å². The normalized spacial score (nSPS) is 11.8. The van der Waals surface area contributed by atoms with E-state index in [2.05, 4.69) is 296 Å². The molecule has 0 unspecified atom stereocenters. The van der Waals surface area contributed by atoms with Crippen LogP contribution in [0.15, 0.2) is 291 Å². The Kier molecular flexibility index (Phi) is 10.8. The molecule has 0 bridgehead atoms. The summed E-state index contributed by atoms with van der Waals surface area (Å²) in [6, 6.07) is 107. The number of hydrogen-bond acceptors (Lipinski definition) is 1. The summed E-state index contributed by atoms with van der Waals surface area (Å²) >= 11 is 0. The first-order valence-corrected chi connectivity index (χ1v) is 25.8. The Morgan fingerprint density at radius 1 is 0.290 bits per heavy atom. The molecule has 10 aromatic carbocycles. The highest BCUT2D eigenvalue weighted by molar-refractivity contribution is 7.19. The van der Waals surface area contributed by atoms with E-state index in [1.54, 1.807) is 0 Å². The maximum Gasteiger partial charge on any atom is 0.179 e. The maximum absolute atomic E-state index is 5.73. The summed E-state index contributed by atoms with van der Waals surface area (Å²) in [6.45, 7) is 0. The van der Waals surface area contributed by atoms with Gasteiger partial charge in [-0.3, -0.25) is 0 Å². The first-order chi connectivity index (χ1) is 34.2. The summed E-state index contributed by atoms with van der Waals surface area (Å²) in [5.41, 5.74) is 11.5. The second kappa shape index (κ2) is 17.9. The minimum Gasteiger partial charge on any atom is -0.309 e. The lowest BCUT2D eigenvalue weighted by molar-refractivity contribution is 0.745. The molecular formula is C66H48N2Si. The van der Waals surface area contributed by atoms with Gasteiger partial charge >= 0.3 is 0 Å². The largest absolute Gasteiger partial charge is 0.309 e. The van der Waals surface area contributed by atoms with Crippen LogP contribution < -0.4 is 20.7 Å². The Morgan fingerprint density at radius 2 is 0.638 bits per heavy atom. The molecule has 12 aromatic rings. The van der Waals surface area contributed by atoms with E-state index in [1.807, 2.05) is 0 Å². The standard InChI is InChI=1S/C66H48N2Si/c1-7-27-51(28-8-1)66(52-29-9-2-10-30-52,53-31-11-3-12-32-53)54-33-23-25-49(45-54)62-47-55(68-64-43-21-19-41-60(64)61-42-20-22-44-65(61)68)48-63(67-62)50-26-24-40-59(46-50)69(56-34-13-4-14-35-56,57-36-15-5-16-37-57)58-38-17-6-18-39-58/h1-48H. The van der Waals surface area contributed by atoms with Gasteiger partial charge in [-0.05, 0) is 73.3 Å². The van der Waals surface area contributed by atoms with E-state index in [-0.39, 0.29) is 0 Å². The summed E-state index contributed by atoms with van der Waals surface area (Å²) in [7, 11) is -2.84. The third-order valence-corrected chi connectivity index (χ3v) is 18.8. The highest BCUT2D eigenvalue weighted by Crippen LogP contribution is 2.46. The molecule has 0 aliphatic heterocycles. The van der Waals surface area contributed by atoms with Crippen molar-refractivity contribution in [1.29, 1.82) is 0 Å². The predicted molar refractivity (Wildman–Crippen MR) is 291 cm³/mol. The summed E-state index contributed by atoms with van der Waals surface area (Å²) in [5, 5.41) is 7.75. The highest BCUT2D eigenvalue weighted by Gasteiger charge is 2.42. The van der Waals surface area contributed by atoms with E-state index in [0.717, 1.165) is 39.2 Å². The Balaban J connectivity index is 1.13. The lowest BCUT2D eigenvalue weighted by Gasteiger charge is -2.37. The summed E-state index contributed by atoms with van der Waals surface area (Å²) in [6.07, 6.45) is 0. The van der Waals surface area contributed by atoms with E-state index < -0.39 is 13.5 Å². The molecule has 2 aromatic heterocycles. The quantitative estimate of drug-likeness (QED) is 0.0934. The van der Waals surface area contributed by atoms with E-state index in [4.69, 9.17) is 4.98 Å². The molecule has 0 spiro atoms. The Bertz CT molecular complexity index is 3270. The molecule has 0 aliphatic carbocycles. The number of hydrogen-bond donors (Lipinski definition) is 0. The molecule has 12 rings (SSSR count). The van der Waals surface area contributed by atoms with Gasteiger partial charge < -0.3 is 4.57 Å². The maximum atomic E-state index is 5.73. The molecule has 0 fully saturated rings. The molecule has 0 amide bonds. The van der Waals surface area contributed by atoms with Gasteiger partial charge in [0.1, 0.15) is 0 Å². The SMILES string of the molecule is c1ccc(C(c2ccccc2)(c2ccccc2)c2cccc(-c3cc(-n4c5ccccc5c5ccccc54)cc(-c4cccc([Si](c5ccccc5)(c5ccccc5)c5ccccc5)c4)n3)c2)cc1. The Morgan fingerprint density at radius 3 is 1.09 bits per heavy atom. The van der Waals surface area contributed by atoms with Crippen LogP contribution in [0.3, 0.4) is 0 Å². The molecule has 0 saturated carbocycles. The summed E-state index contributed by atoms with van der Waals surface area (Å²) in [5.74, 6) is 0. The molecule has 0 radical (unpaired) electrons. The minimum absolute atomic E-state index is 0.609. The summed E-state index contributed by atoms with van der Waals surface area (Å²) < 4.78 is 2.42. The third kappa shape index (κ3) is 7.14. The molecule has 0 atom stereocenters. The Hall–Kier alpha value is -8.63. The van der Waals surface area contributed by atoms with Gasteiger partial charge in [0.2, 0.25) is 0 Å². The van der Waals surface area contributed by atoms with Crippen molar-refractivity contribution in [2.75, 3.05) is 0 Å². The van der Waals surface area contributed by atoms with Gasteiger partial charge in [0, 0.05) is 21.9 Å². The van der Waals surface area contributed by atoms with E-state index in [9.17, 15) is 0 Å². The fourth-order valence-electron chi connectivity index (χ4n) is 11.1. The highest BCUT2D eigenvalue weighted by atomic mass is 28.3. The monoisotopic (exact) mass is 896 g/mol. The molecule has 0 N–H and O–H groups in total. The van der Waals surface area contributed by atoms with E-state index >= 15 is 0 Å². The van der Waals surface area contributed by atoms with Gasteiger partial charge in [-0.2, -0.15) is 0 Å². The molecular weight excluding hydrogens is 849 g/mol. The number of fused-ring (bicyclic) bond motifs is 3. The number of pyridine rings is 1. The molecule has 69 heavy (non-hydrogen) atoms. The average Bonchev–Trinajstić information content (AvgIpc) is 3.78. The Labute approximate surface area is 405 Å². The lowest BCUT2D eigenvalue weighted by Crippen LogP contribution is -2.74. The zero-order valence-corrected chi connectivity index (χ0v) is 39.1. The van der Waals surface area contributed by atoms with Crippen LogP contribution in [0.2, 0.25) is 0 Å². The van der Waals surface area contributed by atoms with Crippen LogP contribution in [0.5, 0.6) is 0 Å². The van der Waals surface area contributed by atoms with Crippen molar-refractivity contribution in [2.24, 2.45) is 0 Å². The van der Waals surface area contributed by atoms with Crippen molar-refractivity contribution in [3.05, 3.63) is 313 Å². The van der Waals surface area contributed by atoms with Crippen LogP contribution in [0.4, 0.5) is 0 Å². The fourth-order valence-corrected chi connectivity index (χ4v) is 15.9. The van der Waals surface area contributed by atoms with Crippen molar-refractivity contribution >= 4 is 50.6 Å². The molecule has 0 saturated heterocycles. The van der Waals surface area contributed by atoms with Gasteiger partial charge in [-0.1, -0.05) is 261 Å². The zero-order valence-electron chi connectivity index (χ0n) is 38.1. The predicted octanol–water partition coefficient (Wildman–Crippen LogP) is 13.3. The van der Waals surface area contributed by atoms with Crippen LogP contribution >= 0.6 is 0 Å². The van der Waals surface area contributed by atoms with Crippen molar-refractivity contribution in [1.82, 2.24) is 9.55 Å². The third-order valence-electron chi connectivity index (χ3n) is 14.1. The van der Waals surface area contributed by atoms with Crippen LogP contribution in [-0.4, -0.2) is 17.6 Å². The number of nitrogens with zero attached hydrogens (tertiary/aromatic N) is 2. The minimum atomic E-state index is -2.84. The number of para-hydroxylation sites is 2. The van der Waals surface area contributed by atoms with Crippen molar-refractivity contribution in [3.8, 4) is 28.2 Å². The van der Waals surface area contributed by atoms with Crippen molar-refractivity contribution in [2.45, 2.75) is 5.41 Å². The van der Waals surface area contributed by atoms with Crippen LogP contribution in [0.25, 0.3) is 50.0 Å². The number of benzene rings is 10. The van der Waals surface area contributed by atoms with E-state index in [0.29, 0.717) is 0 Å². The second-order valence-electron chi connectivity index (χ2n) is 17.8. The molecule has 2 nitrogen and oxygen atoms in total. The van der Waals surface area contributed by atoms with Gasteiger partial charge in [-0.15, -0.1) is 0 Å². The van der Waals surface area contributed by atoms with Crippen LogP contribution in [0, 0.1) is 0 Å². The second-order valence-corrected chi connectivity index (χ2v) is 21.6. The number of aromatic nitrogens is 2. The molecule has 2 heterocycles. The first kappa shape index (κ1) is 41.8. The average molecular weight is 897 g/mol. The van der Waals surface area contributed by atoms with Gasteiger partial charge in [0.05, 0.1) is 33.5 Å². The van der Waals surface area contributed by atoms with Gasteiger partial charge in [-0.25, -0.2) is 4.98 Å². The molecule has 3 heteroatoms. The van der Waals surface area contributed by atoms with Crippen molar-refractivity contribution in [3.63, 3.8) is 0 Å². The van der Waals surface area contributed by atoms with Gasteiger partial charge in [0.15, 0.2) is 8.07 Å². The molecule has 0 aliphatic rings.